The van der Waals surface area contributed by atoms with Crippen LogP contribution in [0.15, 0.2) is 24.3 Å². The highest BCUT2D eigenvalue weighted by Crippen LogP contribution is 2.24. The molecule has 1 aromatic carbocycles. The monoisotopic (exact) mass is 333 g/mol. The highest BCUT2D eigenvalue weighted by atomic mass is 16.4. The molecule has 2 rings (SSSR count). The van der Waals surface area contributed by atoms with E-state index in [1.54, 1.807) is 19.1 Å². The maximum absolute atomic E-state index is 12.4. The smallest absolute Gasteiger partial charge is 0.323 e. The van der Waals surface area contributed by atoms with Crippen LogP contribution in [0, 0.1) is 0 Å². The SMILES string of the molecule is CCCN(CC(=O)O)C(=O)c1ccc(C2(C)NC(=O)NC2=O)cc1. The molecule has 1 atom stereocenters. The van der Waals surface area contributed by atoms with E-state index in [9.17, 15) is 19.2 Å². The molecule has 3 N–H and O–H groups in total. The van der Waals surface area contributed by atoms with E-state index in [2.05, 4.69) is 10.6 Å². The van der Waals surface area contributed by atoms with Gasteiger partial charge in [0.25, 0.3) is 11.8 Å². The number of carboxylic acids is 1. The summed E-state index contributed by atoms with van der Waals surface area (Å²) in [5.74, 6) is -1.94. The zero-order chi connectivity index (χ0) is 17.9. The van der Waals surface area contributed by atoms with Gasteiger partial charge in [0.15, 0.2) is 0 Å². The predicted molar refractivity (Wildman–Crippen MR) is 84.3 cm³/mol. The zero-order valence-corrected chi connectivity index (χ0v) is 13.5. The van der Waals surface area contributed by atoms with Crippen molar-refractivity contribution in [3.05, 3.63) is 35.4 Å². The Balaban J connectivity index is 2.22. The third-order valence-electron chi connectivity index (χ3n) is 3.86. The van der Waals surface area contributed by atoms with E-state index in [0.29, 0.717) is 24.1 Å². The Morgan fingerprint density at radius 2 is 1.83 bits per heavy atom. The van der Waals surface area contributed by atoms with E-state index in [0.717, 1.165) is 0 Å². The van der Waals surface area contributed by atoms with E-state index in [1.807, 2.05) is 6.92 Å². The second kappa shape index (κ2) is 6.69. The summed E-state index contributed by atoms with van der Waals surface area (Å²) in [6, 6.07) is 5.61. The topological polar surface area (TPSA) is 116 Å². The quantitative estimate of drug-likeness (QED) is 0.662. The minimum absolute atomic E-state index is 0.321. The number of nitrogens with zero attached hydrogens (tertiary/aromatic N) is 1. The third kappa shape index (κ3) is 3.37. The van der Waals surface area contributed by atoms with Gasteiger partial charge in [-0.1, -0.05) is 19.1 Å². The molecule has 0 aromatic heterocycles. The number of rotatable bonds is 6. The van der Waals surface area contributed by atoms with Crippen LogP contribution in [-0.2, 0) is 15.1 Å². The molecule has 1 saturated heterocycles. The van der Waals surface area contributed by atoms with Crippen molar-refractivity contribution in [2.45, 2.75) is 25.8 Å². The lowest BCUT2D eigenvalue weighted by molar-refractivity contribution is -0.137. The average molecular weight is 333 g/mol. The molecule has 0 bridgehead atoms. The van der Waals surface area contributed by atoms with Crippen molar-refractivity contribution in [1.82, 2.24) is 15.5 Å². The number of carboxylic acid groups (broad SMARTS) is 1. The first kappa shape index (κ1) is 17.5. The number of carbonyl (C=O) groups excluding carboxylic acids is 3. The summed E-state index contributed by atoms with van der Waals surface area (Å²) in [4.78, 5) is 47.8. The summed E-state index contributed by atoms with van der Waals surface area (Å²) in [6.45, 7) is 3.39. The lowest BCUT2D eigenvalue weighted by Crippen LogP contribution is -2.40. The molecule has 8 nitrogen and oxygen atoms in total. The number of amides is 4. The minimum atomic E-state index is -1.19. The zero-order valence-electron chi connectivity index (χ0n) is 13.5. The number of carbonyl (C=O) groups is 4. The van der Waals surface area contributed by atoms with Crippen molar-refractivity contribution in [2.24, 2.45) is 0 Å². The molecule has 1 fully saturated rings. The summed E-state index contributed by atoms with van der Waals surface area (Å²) >= 11 is 0. The van der Waals surface area contributed by atoms with E-state index < -0.39 is 29.4 Å². The van der Waals surface area contributed by atoms with Gasteiger partial charge in [-0.25, -0.2) is 4.79 Å². The number of nitrogens with one attached hydrogen (secondary N) is 2. The third-order valence-corrected chi connectivity index (χ3v) is 3.86. The molecule has 4 amide bonds. The van der Waals surface area contributed by atoms with Crippen LogP contribution in [0.3, 0.4) is 0 Å². The summed E-state index contributed by atoms with van der Waals surface area (Å²) in [5, 5.41) is 13.6. The van der Waals surface area contributed by atoms with Crippen LogP contribution in [0.2, 0.25) is 0 Å². The Morgan fingerprint density at radius 1 is 1.21 bits per heavy atom. The van der Waals surface area contributed by atoms with Crippen molar-refractivity contribution < 1.29 is 24.3 Å². The molecular formula is C16H19N3O5. The molecule has 0 aliphatic carbocycles. The van der Waals surface area contributed by atoms with E-state index in [4.69, 9.17) is 5.11 Å². The number of urea groups is 1. The maximum atomic E-state index is 12.4. The fraction of sp³-hybridized carbons (Fsp3) is 0.375. The maximum Gasteiger partial charge on any atom is 0.323 e. The van der Waals surface area contributed by atoms with Gasteiger partial charge in [-0.3, -0.25) is 19.7 Å². The normalized spacial score (nSPS) is 19.6. The van der Waals surface area contributed by atoms with Gasteiger partial charge in [0.1, 0.15) is 12.1 Å². The van der Waals surface area contributed by atoms with E-state index in [-0.39, 0.29) is 6.54 Å². The lowest BCUT2D eigenvalue weighted by atomic mass is 9.91. The van der Waals surface area contributed by atoms with Crippen molar-refractivity contribution in [1.29, 1.82) is 0 Å². The van der Waals surface area contributed by atoms with Crippen LogP contribution in [-0.4, -0.2) is 46.9 Å². The number of aliphatic carboxylic acids is 1. The molecule has 1 aromatic rings. The van der Waals surface area contributed by atoms with Gasteiger partial charge in [0.05, 0.1) is 0 Å². The molecule has 0 saturated carbocycles. The lowest BCUT2D eigenvalue weighted by Gasteiger charge is -2.22. The highest BCUT2D eigenvalue weighted by molar-refractivity contribution is 6.07. The van der Waals surface area contributed by atoms with Gasteiger partial charge < -0.3 is 15.3 Å². The van der Waals surface area contributed by atoms with Gasteiger partial charge >= 0.3 is 12.0 Å². The number of hydrogen-bond acceptors (Lipinski definition) is 4. The second-order valence-corrected chi connectivity index (χ2v) is 5.73. The predicted octanol–water partition coefficient (Wildman–Crippen LogP) is 0.678. The number of benzene rings is 1. The first-order valence-electron chi connectivity index (χ1n) is 7.53. The summed E-state index contributed by atoms with van der Waals surface area (Å²) < 4.78 is 0. The Labute approximate surface area is 138 Å². The number of imide groups is 1. The summed E-state index contributed by atoms with van der Waals surface area (Å²) in [7, 11) is 0. The minimum Gasteiger partial charge on any atom is -0.480 e. The van der Waals surface area contributed by atoms with Crippen molar-refractivity contribution in [3.63, 3.8) is 0 Å². The van der Waals surface area contributed by atoms with E-state index >= 15 is 0 Å². The van der Waals surface area contributed by atoms with Gasteiger partial charge in [-0.2, -0.15) is 0 Å². The Hall–Kier alpha value is -2.90. The highest BCUT2D eigenvalue weighted by Gasteiger charge is 2.43. The van der Waals surface area contributed by atoms with Gasteiger partial charge in [0.2, 0.25) is 0 Å². The molecule has 1 aliphatic heterocycles. The largest absolute Gasteiger partial charge is 0.480 e. The van der Waals surface area contributed by atoms with Gasteiger partial charge in [-0.05, 0) is 31.0 Å². The summed E-state index contributed by atoms with van der Waals surface area (Å²) in [5.41, 5.74) is -0.340. The molecule has 0 spiro atoms. The van der Waals surface area contributed by atoms with Crippen molar-refractivity contribution >= 4 is 23.8 Å². The molecule has 8 heteroatoms. The van der Waals surface area contributed by atoms with Crippen LogP contribution in [0.1, 0.15) is 36.2 Å². The van der Waals surface area contributed by atoms with E-state index in [1.165, 1.54) is 17.0 Å². The summed E-state index contributed by atoms with van der Waals surface area (Å²) in [6.07, 6.45) is 0.640. The fourth-order valence-corrected chi connectivity index (χ4v) is 2.56. The Morgan fingerprint density at radius 3 is 2.29 bits per heavy atom. The van der Waals surface area contributed by atoms with Crippen molar-refractivity contribution in [3.8, 4) is 0 Å². The Bertz CT molecular complexity index is 685. The molecule has 0 radical (unpaired) electrons. The first-order chi connectivity index (χ1) is 11.3. The first-order valence-corrected chi connectivity index (χ1v) is 7.53. The molecule has 24 heavy (non-hydrogen) atoms. The van der Waals surface area contributed by atoms with Crippen LogP contribution in [0.25, 0.3) is 0 Å². The molecular weight excluding hydrogens is 314 g/mol. The van der Waals surface area contributed by atoms with Gasteiger partial charge in [0, 0.05) is 12.1 Å². The van der Waals surface area contributed by atoms with Gasteiger partial charge in [-0.15, -0.1) is 0 Å². The second-order valence-electron chi connectivity index (χ2n) is 5.73. The molecule has 1 heterocycles. The van der Waals surface area contributed by atoms with Crippen molar-refractivity contribution in [2.75, 3.05) is 13.1 Å². The number of hydrogen-bond donors (Lipinski definition) is 3. The fourth-order valence-electron chi connectivity index (χ4n) is 2.56. The van der Waals surface area contributed by atoms with Crippen LogP contribution in [0.4, 0.5) is 4.79 Å². The molecule has 128 valence electrons. The van der Waals surface area contributed by atoms with Crippen LogP contribution < -0.4 is 10.6 Å². The van der Waals surface area contributed by atoms with Crippen LogP contribution in [0.5, 0.6) is 0 Å². The molecule has 1 aliphatic rings. The Kier molecular flexibility index (Phi) is 4.87. The molecule has 1 unspecified atom stereocenters. The van der Waals surface area contributed by atoms with Crippen LogP contribution >= 0.6 is 0 Å². The standard InChI is InChI=1S/C16H19N3O5/c1-3-8-19(9-12(20)21)13(22)10-4-6-11(7-5-10)16(2)14(23)17-15(24)18-16/h4-7H,3,8-9H2,1-2H3,(H,20,21)(H2,17,18,23,24). The average Bonchev–Trinajstić information content (AvgIpc) is 2.79.